The highest BCUT2D eigenvalue weighted by Gasteiger charge is 2.07. The van der Waals surface area contributed by atoms with Crippen LogP contribution >= 0.6 is 0 Å². The lowest BCUT2D eigenvalue weighted by Gasteiger charge is -1.84. The summed E-state index contributed by atoms with van der Waals surface area (Å²) in [6.45, 7) is 0. The summed E-state index contributed by atoms with van der Waals surface area (Å²) in [5, 5.41) is 0. The van der Waals surface area contributed by atoms with Gasteiger partial charge in [0.15, 0.2) is 0 Å². The van der Waals surface area contributed by atoms with Crippen LogP contribution in [0.4, 0.5) is 0 Å². The van der Waals surface area contributed by atoms with Gasteiger partial charge in [-0.25, -0.2) is 0 Å². The first kappa shape index (κ1) is 6.21. The zero-order valence-electron chi connectivity index (χ0n) is 6.07. The molecule has 0 saturated carbocycles. The third-order valence-electron chi connectivity index (χ3n) is 1.53. The summed E-state index contributed by atoms with van der Waals surface area (Å²) in [5.74, 6) is 0. The van der Waals surface area contributed by atoms with Crippen molar-refractivity contribution < 1.29 is 8.96 Å². The molecule has 2 aromatic heterocycles. The van der Waals surface area contributed by atoms with Crippen LogP contribution < -0.4 is 8.96 Å². The number of nitrogens with zero attached hydrogens (tertiary/aromatic N) is 2. The van der Waals surface area contributed by atoms with Crippen LogP contribution in [0.5, 0.6) is 0 Å². The van der Waals surface area contributed by atoms with Crippen LogP contribution in [0.15, 0.2) is 37.4 Å². The molecule has 0 atom stereocenters. The molecule has 2 rings (SSSR count). The van der Waals surface area contributed by atoms with Gasteiger partial charge in [0.05, 0.1) is 0 Å². The van der Waals surface area contributed by atoms with Crippen molar-refractivity contribution in [2.75, 3.05) is 0 Å². The minimum absolute atomic E-state index is 0.840. The van der Waals surface area contributed by atoms with Gasteiger partial charge in [0.25, 0.3) is 0 Å². The fourth-order valence-corrected chi connectivity index (χ4v) is 1.01. The average molecular weight is 148 g/mol. The maximum Gasteiger partial charge on any atom is 0.605 e. The largest absolute Gasteiger partial charge is 0.605 e. The van der Waals surface area contributed by atoms with E-state index in [0.29, 0.717) is 0 Å². The Morgan fingerprint density at radius 1 is 0.909 bits per heavy atom. The number of hydrogen-bond donors (Lipinski definition) is 2. The van der Waals surface area contributed by atoms with Gasteiger partial charge >= 0.3 is 7.55 Å². The lowest BCUT2D eigenvalue weighted by Crippen LogP contribution is -2.56. The first-order valence-corrected chi connectivity index (χ1v) is 3.49. The first-order chi connectivity index (χ1) is 5.45. The second-order valence-corrected chi connectivity index (χ2v) is 2.39. The van der Waals surface area contributed by atoms with Gasteiger partial charge in [-0.2, -0.15) is 0 Å². The van der Waals surface area contributed by atoms with Crippen molar-refractivity contribution >= 4 is 7.55 Å². The topological polar surface area (TPSA) is 39.3 Å². The maximum absolute atomic E-state index is 2.98. The monoisotopic (exact) mass is 148 g/mol. The van der Waals surface area contributed by atoms with Crippen molar-refractivity contribution in [3.05, 3.63) is 37.4 Å². The molecule has 2 N–H and O–H groups in total. The normalized spacial score (nSPS) is 9.82. The minimum Gasteiger partial charge on any atom is -0.260 e. The fraction of sp³-hybridized carbons (Fsp3) is 0. The van der Waals surface area contributed by atoms with Crippen LogP contribution in [0.3, 0.4) is 0 Å². The van der Waals surface area contributed by atoms with Crippen LogP contribution in [0.25, 0.3) is 0 Å². The van der Waals surface area contributed by atoms with Gasteiger partial charge in [0, 0.05) is 0 Å². The van der Waals surface area contributed by atoms with Gasteiger partial charge in [-0.1, -0.05) is 0 Å². The molecule has 5 heteroatoms. The Hall–Kier alpha value is -1.52. The second kappa shape index (κ2) is 2.61. The number of rotatable bonds is 2. The highest BCUT2D eigenvalue weighted by atomic mass is 15.1. The van der Waals surface area contributed by atoms with Crippen molar-refractivity contribution in [1.29, 1.82) is 0 Å². The maximum atomic E-state index is 2.98. The molecule has 2 aromatic rings. The van der Waals surface area contributed by atoms with E-state index in [2.05, 4.69) is 9.97 Å². The fourth-order valence-electron chi connectivity index (χ4n) is 1.01. The van der Waals surface area contributed by atoms with Crippen LogP contribution in [-0.2, 0) is 0 Å². The van der Waals surface area contributed by atoms with Crippen LogP contribution in [-0.4, -0.2) is 17.5 Å². The zero-order chi connectivity index (χ0) is 7.52. The number of H-pyrrole nitrogens is 2. The van der Waals surface area contributed by atoms with Gasteiger partial charge in [0.2, 0.25) is 12.7 Å². The lowest BCUT2D eigenvalue weighted by atomic mass is 10.2. The van der Waals surface area contributed by atoms with Gasteiger partial charge in [-0.3, -0.25) is 18.9 Å². The second-order valence-electron chi connectivity index (χ2n) is 2.39. The third-order valence-corrected chi connectivity index (χ3v) is 1.53. The standard InChI is InChI=1S/C6H7BN4/c1-3-10(5-8-1)7-11-4-2-9-6-11/h1-7H/p+2. The molecule has 0 aliphatic carbocycles. The number of nitrogens with one attached hydrogen (secondary N) is 2. The quantitative estimate of drug-likeness (QED) is 0.490. The molecule has 0 spiro atoms. The molecule has 54 valence electrons. The smallest absolute Gasteiger partial charge is 0.260 e. The molecule has 0 aromatic carbocycles. The van der Waals surface area contributed by atoms with E-state index >= 15 is 0 Å². The van der Waals surface area contributed by atoms with E-state index in [9.17, 15) is 0 Å². The van der Waals surface area contributed by atoms with Gasteiger partial charge in [-0.05, 0) is 0 Å². The molecule has 0 aliphatic heterocycles. The molecule has 11 heavy (non-hydrogen) atoms. The Bertz CT molecular complexity index is 267. The van der Waals surface area contributed by atoms with E-state index in [1.54, 1.807) is 0 Å². The molecular weight excluding hydrogens is 139 g/mol. The SMILES string of the molecule is B([n+]1cc[nH]c1)[n+]1cc[nH]c1. The summed E-state index contributed by atoms with van der Waals surface area (Å²) in [6.07, 6.45) is 11.6. The van der Waals surface area contributed by atoms with Gasteiger partial charge in [0.1, 0.15) is 24.8 Å². The highest BCUT2D eigenvalue weighted by molar-refractivity contribution is 6.11. The Morgan fingerprint density at radius 3 is 1.82 bits per heavy atom. The average Bonchev–Trinajstić information content (AvgIpc) is 2.60. The Balaban J connectivity index is 2.14. The van der Waals surface area contributed by atoms with Crippen molar-refractivity contribution in [1.82, 2.24) is 9.97 Å². The molecular formula is C6H9BN4+2. The molecule has 0 aliphatic rings. The van der Waals surface area contributed by atoms with E-state index in [4.69, 9.17) is 0 Å². The number of imidazole rings is 2. The van der Waals surface area contributed by atoms with E-state index in [0.717, 1.165) is 7.55 Å². The minimum atomic E-state index is 0.840. The Kier molecular flexibility index (Phi) is 1.48. The van der Waals surface area contributed by atoms with Gasteiger partial charge in [-0.15, -0.1) is 0 Å². The van der Waals surface area contributed by atoms with Crippen LogP contribution in [0, 0.1) is 0 Å². The molecule has 4 nitrogen and oxygen atoms in total. The summed E-state index contributed by atoms with van der Waals surface area (Å²) >= 11 is 0. The lowest BCUT2D eigenvalue weighted by molar-refractivity contribution is -0.658. The first-order valence-electron chi connectivity index (χ1n) is 3.49. The van der Waals surface area contributed by atoms with Crippen molar-refractivity contribution in [2.24, 2.45) is 0 Å². The van der Waals surface area contributed by atoms with E-state index in [1.165, 1.54) is 0 Å². The summed E-state index contributed by atoms with van der Waals surface area (Å²) in [6, 6.07) is 0. The molecule has 0 bridgehead atoms. The van der Waals surface area contributed by atoms with Crippen molar-refractivity contribution in [3.63, 3.8) is 0 Å². The Morgan fingerprint density at radius 2 is 1.45 bits per heavy atom. The number of aromatic nitrogens is 4. The van der Waals surface area contributed by atoms with E-state index < -0.39 is 0 Å². The predicted molar refractivity (Wildman–Crippen MR) is 39.9 cm³/mol. The number of hydrogen-bond acceptors (Lipinski definition) is 0. The van der Waals surface area contributed by atoms with Crippen molar-refractivity contribution in [2.45, 2.75) is 0 Å². The molecule has 0 unspecified atom stereocenters. The number of aromatic amines is 2. The van der Waals surface area contributed by atoms with Crippen molar-refractivity contribution in [3.8, 4) is 0 Å². The summed E-state index contributed by atoms with van der Waals surface area (Å²) in [4.78, 5) is 5.96. The van der Waals surface area contributed by atoms with Crippen LogP contribution in [0.1, 0.15) is 0 Å². The molecule has 2 heterocycles. The zero-order valence-corrected chi connectivity index (χ0v) is 6.07. The summed E-state index contributed by atoms with van der Waals surface area (Å²) in [7, 11) is 0.840. The Labute approximate surface area is 64.8 Å². The summed E-state index contributed by atoms with van der Waals surface area (Å²) < 4.78 is 4.10. The molecule has 0 amide bonds. The third kappa shape index (κ3) is 1.31. The molecule has 0 fully saturated rings. The highest BCUT2D eigenvalue weighted by Crippen LogP contribution is 1.66. The van der Waals surface area contributed by atoms with E-state index in [1.807, 2.05) is 46.4 Å². The van der Waals surface area contributed by atoms with Crippen LogP contribution in [0.2, 0.25) is 0 Å². The van der Waals surface area contributed by atoms with E-state index in [-0.39, 0.29) is 0 Å². The molecule has 0 radical (unpaired) electrons. The summed E-state index contributed by atoms with van der Waals surface area (Å²) in [5.41, 5.74) is 0. The molecule has 0 saturated heterocycles. The predicted octanol–water partition coefficient (Wildman–Crippen LogP) is -1.42. The van der Waals surface area contributed by atoms with Gasteiger partial charge < -0.3 is 0 Å².